The largest absolute Gasteiger partial charge is 0.497 e. The van der Waals surface area contributed by atoms with Crippen LogP contribution in [0, 0.1) is 0 Å². The van der Waals surface area contributed by atoms with Crippen molar-refractivity contribution in [2.24, 2.45) is 0 Å². The molecule has 3 aliphatic rings. The highest BCUT2D eigenvalue weighted by Gasteiger charge is 2.44. The molecule has 0 unspecified atom stereocenters. The van der Waals surface area contributed by atoms with Gasteiger partial charge < -0.3 is 15.0 Å². The van der Waals surface area contributed by atoms with Crippen molar-refractivity contribution in [1.29, 1.82) is 0 Å². The molecule has 0 radical (unpaired) electrons. The van der Waals surface area contributed by atoms with Gasteiger partial charge in [0.1, 0.15) is 11.4 Å². The minimum absolute atomic E-state index is 0.0305. The van der Waals surface area contributed by atoms with E-state index < -0.39 is 9.84 Å². The van der Waals surface area contributed by atoms with Crippen LogP contribution in [0.15, 0.2) is 53.6 Å². The zero-order valence-corrected chi connectivity index (χ0v) is 22.8. The summed E-state index contributed by atoms with van der Waals surface area (Å²) in [5.41, 5.74) is 3.72. The molecule has 1 aliphatic heterocycles. The van der Waals surface area contributed by atoms with Crippen LogP contribution in [0.25, 0.3) is 5.69 Å². The summed E-state index contributed by atoms with van der Waals surface area (Å²) in [4.78, 5) is 15.6. The van der Waals surface area contributed by atoms with Crippen molar-refractivity contribution in [3.63, 3.8) is 0 Å². The number of nitrogens with zero attached hydrogens (tertiary/aromatic N) is 3. The second-order valence-corrected chi connectivity index (χ2v) is 12.8. The number of benzene rings is 2. The fourth-order valence-electron chi connectivity index (χ4n) is 5.97. The summed E-state index contributed by atoms with van der Waals surface area (Å²) in [6.45, 7) is 1.41. The Kier molecular flexibility index (Phi) is 6.31. The molecule has 38 heavy (non-hydrogen) atoms. The predicted molar refractivity (Wildman–Crippen MR) is 146 cm³/mol. The molecule has 1 aromatic heterocycles. The number of fused-ring (bicyclic) bond motifs is 1. The van der Waals surface area contributed by atoms with E-state index >= 15 is 0 Å². The lowest BCUT2D eigenvalue weighted by Crippen LogP contribution is -2.39. The lowest BCUT2D eigenvalue weighted by atomic mass is 9.95. The summed E-state index contributed by atoms with van der Waals surface area (Å²) in [5.74, 6) is 0.416. The zero-order valence-electron chi connectivity index (χ0n) is 21.9. The third-order valence-electron chi connectivity index (χ3n) is 8.38. The van der Waals surface area contributed by atoms with E-state index in [0.717, 1.165) is 18.5 Å². The van der Waals surface area contributed by atoms with Crippen LogP contribution in [-0.4, -0.2) is 56.6 Å². The molecule has 9 heteroatoms. The van der Waals surface area contributed by atoms with E-state index in [0.29, 0.717) is 41.7 Å². The number of carbonyl (C=O) groups is 1. The van der Waals surface area contributed by atoms with Crippen LogP contribution in [0.3, 0.4) is 0 Å². The molecule has 3 aromatic rings. The number of nitrogens with one attached hydrogen (secondary N) is 1. The van der Waals surface area contributed by atoms with Gasteiger partial charge in [-0.2, -0.15) is 5.10 Å². The molecular weight excluding hydrogens is 500 g/mol. The first-order valence-electron chi connectivity index (χ1n) is 13.4. The van der Waals surface area contributed by atoms with Crippen molar-refractivity contribution in [2.75, 3.05) is 31.4 Å². The van der Waals surface area contributed by atoms with Gasteiger partial charge in [-0.1, -0.05) is 25.0 Å². The molecule has 2 heterocycles. The number of hydrogen-bond acceptors (Lipinski definition) is 6. The molecule has 2 fully saturated rings. The quantitative estimate of drug-likeness (QED) is 0.469. The van der Waals surface area contributed by atoms with Crippen molar-refractivity contribution in [1.82, 2.24) is 15.1 Å². The van der Waals surface area contributed by atoms with E-state index in [1.807, 2.05) is 12.1 Å². The summed E-state index contributed by atoms with van der Waals surface area (Å²) >= 11 is 0. The first-order valence-corrected chi connectivity index (χ1v) is 15.3. The Labute approximate surface area is 223 Å². The van der Waals surface area contributed by atoms with Gasteiger partial charge in [-0.05, 0) is 74.1 Å². The van der Waals surface area contributed by atoms with Crippen molar-refractivity contribution in [3.8, 4) is 11.4 Å². The molecule has 0 spiro atoms. The number of hydrogen-bond donors (Lipinski definition) is 1. The molecule has 2 aliphatic carbocycles. The smallest absolute Gasteiger partial charge is 0.277 e. The van der Waals surface area contributed by atoms with Crippen molar-refractivity contribution in [3.05, 3.63) is 65.4 Å². The number of methoxy groups -OCH3 is 1. The molecule has 0 bridgehead atoms. The van der Waals surface area contributed by atoms with Crippen LogP contribution in [0.5, 0.6) is 5.75 Å². The highest BCUT2D eigenvalue weighted by molar-refractivity contribution is 7.90. The molecule has 2 saturated carbocycles. The molecule has 2 aromatic carbocycles. The first-order chi connectivity index (χ1) is 18.3. The van der Waals surface area contributed by atoms with Crippen molar-refractivity contribution < 1.29 is 17.9 Å². The van der Waals surface area contributed by atoms with E-state index in [1.54, 1.807) is 36.3 Å². The molecule has 1 amide bonds. The SMILES string of the molecule is COc1ccc(-n2nc(S(C)(=O)=O)c3c2C(=O)N(c2ccc(C4(CNC5CCCC5)CC4)cc2)CC3)cc1. The van der Waals surface area contributed by atoms with Crippen LogP contribution in [-0.2, 0) is 21.7 Å². The average Bonchev–Trinajstić information content (AvgIpc) is 3.32. The first kappa shape index (κ1) is 25.1. The average molecular weight is 535 g/mol. The highest BCUT2D eigenvalue weighted by atomic mass is 32.2. The van der Waals surface area contributed by atoms with E-state index in [1.165, 1.54) is 48.8 Å². The van der Waals surface area contributed by atoms with E-state index in [2.05, 4.69) is 22.5 Å². The van der Waals surface area contributed by atoms with Gasteiger partial charge in [0, 0.05) is 42.1 Å². The van der Waals surface area contributed by atoms with Crippen LogP contribution in [0.2, 0.25) is 0 Å². The summed E-state index contributed by atoms with van der Waals surface area (Å²) in [6.07, 6.45) is 9.14. The number of sulfone groups is 1. The number of anilines is 1. The predicted octanol–water partition coefficient (Wildman–Crippen LogP) is 4.05. The van der Waals surface area contributed by atoms with Crippen molar-refractivity contribution >= 4 is 21.4 Å². The maximum Gasteiger partial charge on any atom is 0.277 e. The standard InChI is InChI=1S/C29H34N4O4S/c1-37-24-13-11-23(12-14-24)33-26-25(27(31-33)38(2,35)36)15-18-32(28(26)34)22-9-7-20(8-10-22)29(16-17-29)19-30-21-5-3-4-6-21/h7-14,21,30H,3-6,15-19H2,1-2H3. The van der Waals surface area contributed by atoms with Gasteiger partial charge in [-0.3, -0.25) is 4.79 Å². The highest BCUT2D eigenvalue weighted by Crippen LogP contribution is 2.48. The molecule has 8 nitrogen and oxygen atoms in total. The number of ether oxygens (including phenoxy) is 1. The van der Waals surface area contributed by atoms with Gasteiger partial charge in [-0.15, -0.1) is 0 Å². The van der Waals surface area contributed by atoms with Gasteiger partial charge in [-0.25, -0.2) is 13.1 Å². The summed E-state index contributed by atoms with van der Waals surface area (Å²) in [7, 11) is -2.03. The molecule has 200 valence electrons. The van der Waals surface area contributed by atoms with Gasteiger partial charge in [0.05, 0.1) is 12.8 Å². The molecular formula is C29H34N4O4S. The lowest BCUT2D eigenvalue weighted by Gasteiger charge is -2.28. The Hall–Kier alpha value is -3.17. The van der Waals surface area contributed by atoms with Crippen molar-refractivity contribution in [2.45, 2.75) is 61.4 Å². The maximum atomic E-state index is 13.9. The van der Waals surface area contributed by atoms with E-state index in [4.69, 9.17) is 4.74 Å². The third kappa shape index (κ3) is 4.52. The number of aromatic nitrogens is 2. The number of rotatable bonds is 8. The molecule has 6 rings (SSSR count). The summed E-state index contributed by atoms with van der Waals surface area (Å²) in [6, 6.07) is 16.1. The minimum Gasteiger partial charge on any atom is -0.497 e. The van der Waals surface area contributed by atoms with Gasteiger partial charge in [0.2, 0.25) is 0 Å². The van der Waals surface area contributed by atoms with E-state index in [-0.39, 0.29) is 16.3 Å². The van der Waals surface area contributed by atoms with Gasteiger partial charge in [0.15, 0.2) is 14.9 Å². The Morgan fingerprint density at radius 3 is 2.29 bits per heavy atom. The van der Waals surface area contributed by atoms with Crippen LogP contribution >= 0.6 is 0 Å². The third-order valence-corrected chi connectivity index (χ3v) is 9.41. The Balaban J connectivity index is 1.28. The second kappa shape index (κ2) is 9.54. The van der Waals surface area contributed by atoms with E-state index in [9.17, 15) is 13.2 Å². The number of amides is 1. The van der Waals surface area contributed by atoms with Crippen LogP contribution in [0.1, 0.15) is 60.1 Å². The molecule has 1 N–H and O–H groups in total. The lowest BCUT2D eigenvalue weighted by molar-refractivity contribution is 0.0973. The fourth-order valence-corrected chi connectivity index (χ4v) is 6.84. The maximum absolute atomic E-state index is 13.9. The Morgan fingerprint density at radius 2 is 1.68 bits per heavy atom. The summed E-state index contributed by atoms with van der Waals surface area (Å²) < 4.78 is 31.8. The zero-order chi connectivity index (χ0) is 26.5. The topological polar surface area (TPSA) is 93.5 Å². The second-order valence-electron chi connectivity index (χ2n) is 10.9. The molecule has 0 atom stereocenters. The minimum atomic E-state index is -3.61. The van der Waals surface area contributed by atoms with Gasteiger partial charge in [0.25, 0.3) is 5.91 Å². The summed E-state index contributed by atoms with van der Waals surface area (Å²) in [5, 5.41) is 8.17. The molecule has 0 saturated heterocycles. The van der Waals surface area contributed by atoms with Crippen LogP contribution in [0.4, 0.5) is 5.69 Å². The Bertz CT molecular complexity index is 1450. The number of carbonyl (C=O) groups excluding carboxylic acids is 1. The van der Waals surface area contributed by atoms with Crippen LogP contribution < -0.4 is 15.0 Å². The van der Waals surface area contributed by atoms with Gasteiger partial charge >= 0.3 is 0 Å². The monoisotopic (exact) mass is 534 g/mol. The fraction of sp³-hybridized carbons (Fsp3) is 0.448. The normalized spacial score (nSPS) is 19.0. The Morgan fingerprint density at radius 1 is 1.03 bits per heavy atom.